The van der Waals surface area contributed by atoms with Gasteiger partial charge in [0.15, 0.2) is 0 Å². The molecule has 1 atom stereocenters. The first kappa shape index (κ1) is 15.4. The van der Waals surface area contributed by atoms with Gasteiger partial charge in [-0.05, 0) is 32.4 Å². The van der Waals surface area contributed by atoms with E-state index in [4.69, 9.17) is 0 Å². The molecule has 15 heavy (non-hydrogen) atoms. The second-order valence-corrected chi connectivity index (χ2v) is 5.61. The van der Waals surface area contributed by atoms with Crippen LogP contribution < -0.4 is 5.32 Å². The van der Waals surface area contributed by atoms with Crippen molar-refractivity contribution in [2.45, 2.75) is 70.0 Å². The summed E-state index contributed by atoms with van der Waals surface area (Å²) in [7, 11) is 0. The first-order valence-corrected chi connectivity index (χ1v) is 7.57. The van der Waals surface area contributed by atoms with Crippen molar-refractivity contribution in [2.75, 3.05) is 13.1 Å². The van der Waals surface area contributed by atoms with E-state index in [0.717, 1.165) is 0 Å². The summed E-state index contributed by atoms with van der Waals surface area (Å²) >= 11 is 3.65. The fourth-order valence-electron chi connectivity index (χ4n) is 1.62. The van der Waals surface area contributed by atoms with E-state index in [1.165, 1.54) is 64.5 Å². The van der Waals surface area contributed by atoms with Gasteiger partial charge >= 0.3 is 0 Å². The Morgan fingerprint density at radius 3 is 2.27 bits per heavy atom. The van der Waals surface area contributed by atoms with Crippen molar-refractivity contribution in [1.29, 1.82) is 0 Å². The molecule has 0 aliphatic carbocycles. The van der Waals surface area contributed by atoms with Gasteiger partial charge in [0.25, 0.3) is 0 Å². The van der Waals surface area contributed by atoms with Crippen LogP contribution in [-0.4, -0.2) is 17.9 Å². The molecule has 0 amide bonds. The molecule has 92 valence electrons. The normalized spacial score (nSPS) is 13.0. The summed E-state index contributed by atoms with van der Waals surface area (Å²) in [6.45, 7) is 6.87. The van der Waals surface area contributed by atoms with Crippen LogP contribution in [0.5, 0.6) is 0 Å². The summed E-state index contributed by atoms with van der Waals surface area (Å²) in [5, 5.41) is 3.51. The van der Waals surface area contributed by atoms with Gasteiger partial charge in [-0.1, -0.05) is 61.9 Å². The molecule has 0 aromatic rings. The first-order chi connectivity index (χ1) is 7.31. The third-order valence-electron chi connectivity index (χ3n) is 2.78. The van der Waals surface area contributed by atoms with Crippen LogP contribution in [0.1, 0.15) is 65.2 Å². The second kappa shape index (κ2) is 12.5. The Hall–Kier alpha value is 0.440. The molecule has 1 unspecified atom stereocenters. The predicted molar refractivity (Wildman–Crippen MR) is 73.9 cm³/mol. The lowest BCUT2D eigenvalue weighted by molar-refractivity contribution is 0.561. The molecule has 0 aromatic heterocycles. The number of alkyl halides is 1. The maximum atomic E-state index is 3.65. The number of halogens is 1. The predicted octanol–water partition coefficient (Wildman–Crippen LogP) is 4.50. The zero-order chi connectivity index (χ0) is 11.4. The highest BCUT2D eigenvalue weighted by Gasteiger charge is 1.98. The summed E-state index contributed by atoms with van der Waals surface area (Å²) in [6, 6.07) is 0. The number of rotatable bonds is 11. The molecule has 0 fully saturated rings. The van der Waals surface area contributed by atoms with Crippen LogP contribution in [0.2, 0.25) is 0 Å². The number of unbranched alkanes of at least 4 members (excludes halogenated alkanes) is 5. The third-order valence-corrected chi connectivity index (χ3v) is 3.89. The first-order valence-electron chi connectivity index (χ1n) is 6.66. The molecule has 0 saturated heterocycles. The van der Waals surface area contributed by atoms with Crippen molar-refractivity contribution >= 4 is 15.9 Å². The second-order valence-electron chi connectivity index (χ2n) is 4.31. The number of hydrogen-bond acceptors (Lipinski definition) is 1. The van der Waals surface area contributed by atoms with E-state index in [1.54, 1.807) is 0 Å². The smallest absolute Gasteiger partial charge is 0.0155 e. The van der Waals surface area contributed by atoms with Crippen LogP contribution in [0.25, 0.3) is 0 Å². The van der Waals surface area contributed by atoms with Gasteiger partial charge in [0.05, 0.1) is 0 Å². The summed E-state index contributed by atoms with van der Waals surface area (Å²) in [5.74, 6) is 0. The lowest BCUT2D eigenvalue weighted by Crippen LogP contribution is -2.19. The average Bonchev–Trinajstić information content (AvgIpc) is 2.26. The van der Waals surface area contributed by atoms with Gasteiger partial charge in [-0.15, -0.1) is 0 Å². The van der Waals surface area contributed by atoms with Gasteiger partial charge in [0.1, 0.15) is 0 Å². The standard InChI is InChI=1S/C13H28BrN/c1-3-5-6-7-8-9-11-15-12-10-13(14)4-2/h13,15H,3-12H2,1-2H3. The van der Waals surface area contributed by atoms with Gasteiger partial charge in [-0.25, -0.2) is 0 Å². The minimum absolute atomic E-state index is 0.703. The lowest BCUT2D eigenvalue weighted by Gasteiger charge is -2.07. The van der Waals surface area contributed by atoms with E-state index in [2.05, 4.69) is 35.1 Å². The zero-order valence-electron chi connectivity index (χ0n) is 10.5. The quantitative estimate of drug-likeness (QED) is 0.433. The highest BCUT2D eigenvalue weighted by atomic mass is 79.9. The molecular weight excluding hydrogens is 250 g/mol. The van der Waals surface area contributed by atoms with Crippen molar-refractivity contribution in [3.8, 4) is 0 Å². The molecule has 1 nitrogen and oxygen atoms in total. The molecule has 0 aliphatic rings. The van der Waals surface area contributed by atoms with E-state index in [0.29, 0.717) is 4.83 Å². The average molecular weight is 278 g/mol. The van der Waals surface area contributed by atoms with Gasteiger partial charge in [-0.3, -0.25) is 0 Å². The molecule has 0 saturated carbocycles. The fourth-order valence-corrected chi connectivity index (χ4v) is 1.85. The molecule has 0 spiro atoms. The zero-order valence-corrected chi connectivity index (χ0v) is 12.1. The molecule has 0 rings (SSSR count). The SMILES string of the molecule is CCCCCCCCNCCC(Br)CC. The van der Waals surface area contributed by atoms with Crippen molar-refractivity contribution in [2.24, 2.45) is 0 Å². The van der Waals surface area contributed by atoms with E-state index >= 15 is 0 Å². The van der Waals surface area contributed by atoms with Crippen molar-refractivity contribution in [1.82, 2.24) is 5.32 Å². The van der Waals surface area contributed by atoms with Gasteiger partial charge in [0, 0.05) is 4.83 Å². The van der Waals surface area contributed by atoms with Crippen molar-refractivity contribution in [3.05, 3.63) is 0 Å². The van der Waals surface area contributed by atoms with E-state index in [9.17, 15) is 0 Å². The van der Waals surface area contributed by atoms with Gasteiger partial charge in [-0.2, -0.15) is 0 Å². The Morgan fingerprint density at radius 1 is 0.933 bits per heavy atom. The lowest BCUT2D eigenvalue weighted by atomic mass is 10.1. The molecule has 0 radical (unpaired) electrons. The molecule has 1 N–H and O–H groups in total. The van der Waals surface area contributed by atoms with Crippen LogP contribution in [0.3, 0.4) is 0 Å². The van der Waals surface area contributed by atoms with E-state index < -0.39 is 0 Å². The Morgan fingerprint density at radius 2 is 1.60 bits per heavy atom. The van der Waals surface area contributed by atoms with Crippen LogP contribution >= 0.6 is 15.9 Å². The van der Waals surface area contributed by atoms with E-state index in [1.807, 2.05) is 0 Å². The summed E-state index contributed by atoms with van der Waals surface area (Å²) < 4.78 is 0. The Labute approximate surface area is 105 Å². The van der Waals surface area contributed by atoms with Crippen LogP contribution in [0, 0.1) is 0 Å². The molecule has 0 heterocycles. The summed E-state index contributed by atoms with van der Waals surface area (Å²) in [6.07, 6.45) is 10.9. The minimum atomic E-state index is 0.703. The maximum absolute atomic E-state index is 3.65. The van der Waals surface area contributed by atoms with Crippen LogP contribution in [-0.2, 0) is 0 Å². The summed E-state index contributed by atoms with van der Waals surface area (Å²) in [5.41, 5.74) is 0. The highest BCUT2D eigenvalue weighted by molar-refractivity contribution is 9.09. The van der Waals surface area contributed by atoms with Crippen molar-refractivity contribution in [3.63, 3.8) is 0 Å². The maximum Gasteiger partial charge on any atom is 0.0155 e. The topological polar surface area (TPSA) is 12.0 Å². The molecule has 0 aromatic carbocycles. The van der Waals surface area contributed by atoms with Crippen LogP contribution in [0.15, 0.2) is 0 Å². The molecule has 2 heteroatoms. The summed E-state index contributed by atoms with van der Waals surface area (Å²) in [4.78, 5) is 0.703. The number of nitrogens with one attached hydrogen (secondary N) is 1. The largest absolute Gasteiger partial charge is 0.317 e. The van der Waals surface area contributed by atoms with Crippen LogP contribution in [0.4, 0.5) is 0 Å². The van der Waals surface area contributed by atoms with Gasteiger partial charge in [0.2, 0.25) is 0 Å². The van der Waals surface area contributed by atoms with Gasteiger partial charge < -0.3 is 5.32 Å². The fraction of sp³-hybridized carbons (Fsp3) is 1.00. The Balaban J connectivity index is 2.92. The monoisotopic (exact) mass is 277 g/mol. The Bertz CT molecular complexity index is 117. The molecular formula is C13H28BrN. The third kappa shape index (κ3) is 12.4. The molecule has 0 aliphatic heterocycles. The number of hydrogen-bond donors (Lipinski definition) is 1. The van der Waals surface area contributed by atoms with Crippen molar-refractivity contribution < 1.29 is 0 Å². The Kier molecular flexibility index (Phi) is 12.9. The van der Waals surface area contributed by atoms with E-state index in [-0.39, 0.29) is 0 Å². The molecule has 0 bridgehead atoms. The highest BCUT2D eigenvalue weighted by Crippen LogP contribution is 2.08. The minimum Gasteiger partial charge on any atom is -0.317 e.